The van der Waals surface area contributed by atoms with Crippen LogP contribution >= 0.6 is 0 Å². The number of piperidine rings is 1. The number of benzene rings is 1. The topological polar surface area (TPSA) is 125 Å². The molecule has 0 saturated carbocycles. The van der Waals surface area contributed by atoms with Gasteiger partial charge in [-0.15, -0.1) is 0 Å². The smallest absolute Gasteiger partial charge is 0.320 e. The number of urea groups is 1. The molecule has 9 nitrogen and oxygen atoms in total. The average molecular weight is 412 g/mol. The first-order chi connectivity index (χ1) is 14.5. The first kappa shape index (κ1) is 20.1. The molecule has 0 radical (unpaired) electrons. The normalized spacial score (nSPS) is 17.3. The van der Waals surface area contributed by atoms with Gasteiger partial charge in [0.05, 0.1) is 5.69 Å². The first-order valence-electron chi connectivity index (χ1n) is 10.5. The number of aromatic amines is 1. The van der Waals surface area contributed by atoms with Gasteiger partial charge < -0.3 is 26.2 Å². The lowest BCUT2D eigenvalue weighted by Gasteiger charge is -2.39. The summed E-state index contributed by atoms with van der Waals surface area (Å²) in [5.41, 5.74) is 14.2. The average Bonchev–Trinajstić information content (AvgIpc) is 3.14. The lowest BCUT2D eigenvalue weighted by atomic mass is 10.1. The zero-order valence-corrected chi connectivity index (χ0v) is 17.1. The van der Waals surface area contributed by atoms with Gasteiger partial charge in [0.2, 0.25) is 0 Å². The van der Waals surface area contributed by atoms with Crippen molar-refractivity contribution in [2.45, 2.75) is 25.7 Å². The van der Waals surface area contributed by atoms with Crippen LogP contribution in [0.1, 0.15) is 40.9 Å². The summed E-state index contributed by atoms with van der Waals surface area (Å²) in [6, 6.07) is 8.39. The van der Waals surface area contributed by atoms with Gasteiger partial charge in [0, 0.05) is 51.4 Å². The van der Waals surface area contributed by atoms with Gasteiger partial charge in [-0.25, -0.2) is 4.79 Å². The monoisotopic (exact) mass is 411 g/mol. The summed E-state index contributed by atoms with van der Waals surface area (Å²) in [6.45, 7) is 4.91. The number of piperazine rings is 1. The van der Waals surface area contributed by atoms with Crippen LogP contribution in [0.4, 0.5) is 16.3 Å². The van der Waals surface area contributed by atoms with E-state index in [2.05, 4.69) is 27.2 Å². The molecular weight excluding hydrogens is 382 g/mol. The Morgan fingerprint density at radius 1 is 0.933 bits per heavy atom. The maximum absolute atomic E-state index is 12.7. The van der Waals surface area contributed by atoms with Crippen molar-refractivity contribution in [1.82, 2.24) is 20.0 Å². The van der Waals surface area contributed by atoms with Crippen LogP contribution in [-0.4, -0.2) is 71.2 Å². The summed E-state index contributed by atoms with van der Waals surface area (Å²) in [5.74, 6) is -0.448. The highest BCUT2D eigenvalue weighted by Crippen LogP contribution is 2.21. The highest BCUT2D eigenvalue weighted by Gasteiger charge is 2.26. The molecule has 1 aromatic heterocycles. The molecule has 0 bridgehead atoms. The first-order valence-corrected chi connectivity index (χ1v) is 10.5. The third kappa shape index (κ3) is 4.19. The van der Waals surface area contributed by atoms with Gasteiger partial charge in [0.15, 0.2) is 5.82 Å². The van der Waals surface area contributed by atoms with Gasteiger partial charge >= 0.3 is 6.03 Å². The lowest BCUT2D eigenvalue weighted by molar-refractivity contribution is 0.100. The molecule has 4 rings (SSSR count). The van der Waals surface area contributed by atoms with E-state index in [1.165, 1.54) is 6.42 Å². The Bertz CT molecular complexity index is 895. The molecule has 5 N–H and O–H groups in total. The molecule has 9 heteroatoms. The van der Waals surface area contributed by atoms with Gasteiger partial charge in [-0.05, 0) is 37.0 Å². The maximum atomic E-state index is 12.7. The molecule has 3 heterocycles. The number of primary amides is 1. The van der Waals surface area contributed by atoms with Crippen molar-refractivity contribution >= 4 is 23.4 Å². The molecule has 0 spiro atoms. The molecule has 2 fully saturated rings. The number of rotatable bonds is 4. The summed E-state index contributed by atoms with van der Waals surface area (Å²) < 4.78 is 0. The molecule has 2 aromatic rings. The Hall–Kier alpha value is -3.23. The number of nitrogens with zero attached hydrogens (tertiary/aromatic N) is 4. The second kappa shape index (κ2) is 8.64. The number of nitrogens with two attached hydrogens (primary N) is 2. The van der Waals surface area contributed by atoms with Gasteiger partial charge in [0.1, 0.15) is 5.56 Å². The molecule has 1 aromatic carbocycles. The fourth-order valence-electron chi connectivity index (χ4n) is 4.27. The lowest BCUT2D eigenvalue weighted by Crippen LogP contribution is -2.53. The Morgan fingerprint density at radius 2 is 1.57 bits per heavy atom. The van der Waals surface area contributed by atoms with Gasteiger partial charge in [0.25, 0.3) is 5.91 Å². The van der Waals surface area contributed by atoms with Gasteiger partial charge in [-0.1, -0.05) is 12.1 Å². The number of carbonyl (C=O) groups is 2. The molecule has 0 aliphatic carbocycles. The van der Waals surface area contributed by atoms with Crippen LogP contribution in [0.5, 0.6) is 0 Å². The quantitative estimate of drug-likeness (QED) is 0.702. The number of nitrogen functional groups attached to an aromatic ring is 1. The minimum Gasteiger partial charge on any atom is -0.382 e. The third-order valence-corrected chi connectivity index (χ3v) is 5.97. The predicted octanol–water partition coefficient (Wildman–Crippen LogP) is 1.41. The van der Waals surface area contributed by atoms with Crippen LogP contribution in [-0.2, 0) is 6.42 Å². The Labute approximate surface area is 176 Å². The molecule has 0 unspecified atom stereocenters. The highest BCUT2D eigenvalue weighted by atomic mass is 16.2. The second-order valence-electron chi connectivity index (χ2n) is 7.97. The van der Waals surface area contributed by atoms with E-state index < -0.39 is 5.91 Å². The van der Waals surface area contributed by atoms with Crippen LogP contribution in [0.2, 0.25) is 0 Å². The number of amides is 3. The van der Waals surface area contributed by atoms with E-state index in [9.17, 15) is 9.59 Å². The fraction of sp³-hybridized carbons (Fsp3) is 0.476. The van der Waals surface area contributed by atoms with Crippen molar-refractivity contribution in [3.8, 4) is 0 Å². The van der Waals surface area contributed by atoms with E-state index in [-0.39, 0.29) is 17.4 Å². The molecule has 2 aliphatic heterocycles. The SMILES string of the molecule is NC(=O)c1c(N)n[nH]c1Cc1ccc(N2CCN(C(=O)N3CCCCC3)CC2)cc1. The van der Waals surface area contributed by atoms with Gasteiger partial charge in [-0.2, -0.15) is 5.10 Å². The number of aromatic nitrogens is 2. The van der Waals surface area contributed by atoms with E-state index in [1.807, 2.05) is 21.9 Å². The van der Waals surface area contributed by atoms with Crippen LogP contribution < -0.4 is 16.4 Å². The number of carbonyl (C=O) groups excluding carboxylic acids is 2. The zero-order valence-electron chi connectivity index (χ0n) is 17.1. The molecule has 2 saturated heterocycles. The number of hydrogen-bond acceptors (Lipinski definition) is 5. The standard InChI is InChI=1S/C21H29N7O2/c22-19-18(20(23)29)17(24-25-19)14-15-4-6-16(7-5-15)26-10-12-28(13-11-26)21(30)27-8-2-1-3-9-27/h4-7H,1-3,8-14H2,(H2,23,29)(H3,22,24,25). The van der Waals surface area contributed by atoms with Crippen molar-refractivity contribution < 1.29 is 9.59 Å². The predicted molar refractivity (Wildman–Crippen MR) is 115 cm³/mol. The molecule has 2 aliphatic rings. The minimum absolute atomic E-state index is 0.131. The van der Waals surface area contributed by atoms with Crippen molar-refractivity contribution in [3.05, 3.63) is 41.1 Å². The Morgan fingerprint density at radius 3 is 2.20 bits per heavy atom. The molecule has 30 heavy (non-hydrogen) atoms. The Balaban J connectivity index is 1.34. The molecule has 0 atom stereocenters. The third-order valence-electron chi connectivity index (χ3n) is 5.97. The largest absolute Gasteiger partial charge is 0.382 e. The summed E-state index contributed by atoms with van der Waals surface area (Å²) in [6.07, 6.45) is 3.96. The van der Waals surface area contributed by atoms with E-state index in [0.29, 0.717) is 12.1 Å². The molecule has 3 amide bonds. The van der Waals surface area contributed by atoms with E-state index >= 15 is 0 Å². The van der Waals surface area contributed by atoms with Crippen molar-refractivity contribution in [2.24, 2.45) is 5.73 Å². The van der Waals surface area contributed by atoms with Crippen LogP contribution in [0.15, 0.2) is 24.3 Å². The molecule has 160 valence electrons. The maximum Gasteiger partial charge on any atom is 0.320 e. The van der Waals surface area contributed by atoms with Crippen LogP contribution in [0.25, 0.3) is 0 Å². The van der Waals surface area contributed by atoms with E-state index in [4.69, 9.17) is 11.5 Å². The minimum atomic E-state index is -0.579. The Kier molecular flexibility index (Phi) is 5.78. The van der Waals surface area contributed by atoms with E-state index in [0.717, 1.165) is 63.4 Å². The van der Waals surface area contributed by atoms with Crippen molar-refractivity contribution in [1.29, 1.82) is 0 Å². The number of anilines is 2. The second-order valence-corrected chi connectivity index (χ2v) is 7.97. The fourth-order valence-corrected chi connectivity index (χ4v) is 4.27. The number of nitrogens with one attached hydrogen (secondary N) is 1. The number of hydrogen-bond donors (Lipinski definition) is 3. The van der Waals surface area contributed by atoms with Crippen LogP contribution in [0.3, 0.4) is 0 Å². The number of H-pyrrole nitrogens is 1. The number of likely N-dealkylation sites (tertiary alicyclic amines) is 1. The van der Waals surface area contributed by atoms with Crippen molar-refractivity contribution in [2.75, 3.05) is 49.9 Å². The summed E-state index contributed by atoms with van der Waals surface area (Å²) in [5, 5.41) is 6.68. The molecular formula is C21H29N7O2. The summed E-state index contributed by atoms with van der Waals surface area (Å²) in [7, 11) is 0. The highest BCUT2D eigenvalue weighted by molar-refractivity contribution is 5.98. The van der Waals surface area contributed by atoms with Crippen LogP contribution in [0, 0.1) is 0 Å². The van der Waals surface area contributed by atoms with Gasteiger partial charge in [-0.3, -0.25) is 9.89 Å². The zero-order chi connectivity index (χ0) is 21.1. The van der Waals surface area contributed by atoms with Crippen molar-refractivity contribution in [3.63, 3.8) is 0 Å². The summed E-state index contributed by atoms with van der Waals surface area (Å²) >= 11 is 0. The summed E-state index contributed by atoms with van der Waals surface area (Å²) in [4.78, 5) is 30.5. The van der Waals surface area contributed by atoms with E-state index in [1.54, 1.807) is 0 Å².